The average molecular weight is 1480 g/mol. The summed E-state index contributed by atoms with van der Waals surface area (Å²) in [6, 6.07) is 0. The number of hydrogen-bond acceptors (Lipinski definition) is 8. The Morgan fingerprint density at radius 2 is 0.548 bits per heavy atom. The summed E-state index contributed by atoms with van der Waals surface area (Å²) in [5.74, 6) is -0.804. The molecular weight excluding hydrogens is 1300 g/mol. The topological polar surface area (TPSA) is 111 Å². The number of rotatable bonds is 87. The lowest BCUT2D eigenvalue weighted by molar-refractivity contribution is -0.870. The summed E-state index contributed by atoms with van der Waals surface area (Å²) in [6.07, 6.45) is 116. The Hall–Kier alpha value is -2.29. The first kappa shape index (κ1) is 102. The van der Waals surface area contributed by atoms with Gasteiger partial charge in [0.25, 0.3) is 7.82 Å². The summed E-state index contributed by atoms with van der Waals surface area (Å²) in [7, 11) is 1.19. The van der Waals surface area contributed by atoms with Crippen molar-refractivity contribution in [3.8, 4) is 0 Å². The molecular formula is C94H178NO8P. The van der Waals surface area contributed by atoms with Crippen LogP contribution in [0.4, 0.5) is 0 Å². The maximum atomic E-state index is 12.9. The summed E-state index contributed by atoms with van der Waals surface area (Å²) in [4.78, 5) is 38.3. The van der Waals surface area contributed by atoms with Crippen molar-refractivity contribution in [3.05, 3.63) is 60.8 Å². The van der Waals surface area contributed by atoms with Crippen LogP contribution >= 0.6 is 7.82 Å². The van der Waals surface area contributed by atoms with Crippen molar-refractivity contribution in [2.24, 2.45) is 0 Å². The number of likely N-dealkylation sites (N-methyl/N-ethyl adjacent to an activating group) is 1. The maximum absolute atomic E-state index is 12.9. The van der Waals surface area contributed by atoms with Crippen molar-refractivity contribution < 1.29 is 42.1 Å². The largest absolute Gasteiger partial charge is 0.756 e. The van der Waals surface area contributed by atoms with E-state index in [9.17, 15) is 19.0 Å². The molecule has 0 bridgehead atoms. The van der Waals surface area contributed by atoms with Gasteiger partial charge in [0.15, 0.2) is 6.10 Å². The third-order valence-electron chi connectivity index (χ3n) is 21.1. The second-order valence-electron chi connectivity index (χ2n) is 32.7. The second kappa shape index (κ2) is 84.7. The number of allylic oxidation sites excluding steroid dienone is 10. The molecule has 0 rings (SSSR count). The summed E-state index contributed by atoms with van der Waals surface area (Å²) < 4.78 is 34.5. The lowest BCUT2D eigenvalue weighted by Gasteiger charge is -2.28. The van der Waals surface area contributed by atoms with Crippen molar-refractivity contribution in [2.45, 2.75) is 482 Å². The highest BCUT2D eigenvalue weighted by molar-refractivity contribution is 7.45. The minimum atomic E-state index is -4.65. The van der Waals surface area contributed by atoms with Gasteiger partial charge in [-0.3, -0.25) is 14.2 Å². The van der Waals surface area contributed by atoms with Gasteiger partial charge in [-0.1, -0.05) is 466 Å². The molecule has 9 nitrogen and oxygen atoms in total. The molecule has 104 heavy (non-hydrogen) atoms. The van der Waals surface area contributed by atoms with Gasteiger partial charge in [0.05, 0.1) is 27.7 Å². The van der Waals surface area contributed by atoms with E-state index in [1.165, 1.54) is 379 Å². The summed E-state index contributed by atoms with van der Waals surface area (Å²) in [5.41, 5.74) is 0. The molecule has 0 amide bonds. The Kier molecular flexibility index (Phi) is 82.9. The van der Waals surface area contributed by atoms with E-state index in [0.717, 1.165) is 64.2 Å². The first-order chi connectivity index (χ1) is 51.0. The molecule has 0 N–H and O–H groups in total. The van der Waals surface area contributed by atoms with Crippen molar-refractivity contribution >= 4 is 19.8 Å². The smallest absolute Gasteiger partial charge is 0.306 e. The van der Waals surface area contributed by atoms with Gasteiger partial charge in [-0.15, -0.1) is 0 Å². The quantitative estimate of drug-likeness (QED) is 0.0195. The van der Waals surface area contributed by atoms with Gasteiger partial charge in [-0.05, 0) is 57.8 Å². The van der Waals surface area contributed by atoms with E-state index >= 15 is 0 Å². The monoisotopic (exact) mass is 1480 g/mol. The zero-order chi connectivity index (χ0) is 75.4. The number of carbonyl (C=O) groups is 2. The lowest BCUT2D eigenvalue weighted by Crippen LogP contribution is -2.37. The SMILES string of the molecule is CC/C=C\C/C=C\C/C=C\C/C=C\C/C=C\CCCCCCCCCCCCCCCCCCCCCCCCCCCC(=O)OC(COC(=O)CCCCCCCCCCCCCCCCCCCCCCCCCCCCCCCCCCCCCCCCC)COP(=O)([O-])OCC[N+](C)(C)C. The van der Waals surface area contributed by atoms with Gasteiger partial charge in [0.1, 0.15) is 19.8 Å². The van der Waals surface area contributed by atoms with Gasteiger partial charge in [-0.25, -0.2) is 0 Å². The van der Waals surface area contributed by atoms with Crippen LogP contribution in [0.5, 0.6) is 0 Å². The van der Waals surface area contributed by atoms with Crippen molar-refractivity contribution in [1.29, 1.82) is 0 Å². The number of unbranched alkanes of at least 4 members (excludes halogenated alkanes) is 63. The Labute approximate surface area is 648 Å². The van der Waals surface area contributed by atoms with E-state index in [2.05, 4.69) is 74.6 Å². The van der Waals surface area contributed by atoms with Gasteiger partial charge in [0.2, 0.25) is 0 Å². The van der Waals surface area contributed by atoms with Crippen LogP contribution in [0, 0.1) is 0 Å². The summed E-state index contributed by atoms with van der Waals surface area (Å²) >= 11 is 0. The Bertz CT molecular complexity index is 1940. The second-order valence-corrected chi connectivity index (χ2v) is 34.1. The Morgan fingerprint density at radius 3 is 0.817 bits per heavy atom. The van der Waals surface area contributed by atoms with Gasteiger partial charge < -0.3 is 27.9 Å². The normalized spacial score (nSPS) is 13.2. The molecule has 0 aliphatic rings. The van der Waals surface area contributed by atoms with Crippen LogP contribution in [0.25, 0.3) is 0 Å². The molecule has 10 heteroatoms. The van der Waals surface area contributed by atoms with Crippen LogP contribution in [-0.2, 0) is 32.7 Å². The molecule has 0 aromatic heterocycles. The Balaban J connectivity index is 3.82. The van der Waals surface area contributed by atoms with Crippen LogP contribution in [0.2, 0.25) is 0 Å². The van der Waals surface area contributed by atoms with E-state index in [4.69, 9.17) is 18.5 Å². The van der Waals surface area contributed by atoms with E-state index in [0.29, 0.717) is 17.4 Å². The first-order valence-electron chi connectivity index (χ1n) is 46.0. The number of esters is 2. The third kappa shape index (κ3) is 88.6. The van der Waals surface area contributed by atoms with Crippen molar-refractivity contribution in [1.82, 2.24) is 0 Å². The predicted molar refractivity (Wildman–Crippen MR) is 453 cm³/mol. The molecule has 0 aromatic carbocycles. The summed E-state index contributed by atoms with van der Waals surface area (Å²) in [5, 5.41) is 0. The first-order valence-corrected chi connectivity index (χ1v) is 47.5. The van der Waals surface area contributed by atoms with E-state index in [-0.39, 0.29) is 32.0 Å². The average Bonchev–Trinajstić information content (AvgIpc) is 0.920. The fraction of sp³-hybridized carbons (Fsp3) is 0.872. The fourth-order valence-electron chi connectivity index (χ4n) is 14.1. The number of ether oxygens (including phenoxy) is 2. The van der Waals surface area contributed by atoms with Crippen LogP contribution in [0.15, 0.2) is 60.8 Å². The minimum absolute atomic E-state index is 0.0273. The lowest BCUT2D eigenvalue weighted by atomic mass is 10.0. The number of phosphoric acid groups is 1. The van der Waals surface area contributed by atoms with Gasteiger partial charge in [-0.2, -0.15) is 0 Å². The number of nitrogens with zero attached hydrogens (tertiary/aromatic N) is 1. The van der Waals surface area contributed by atoms with E-state index in [1.54, 1.807) is 0 Å². The standard InChI is InChI=1S/C94H178NO8P/c1-6-8-10-12-14-16-18-20-22-24-26-28-30-32-34-36-38-40-42-44-46-47-49-51-53-55-57-59-61-63-65-67-69-71-73-75-77-79-81-83-85-87-94(97)103-92(91-102-104(98,99)101-89-88-95(3,4)5)90-100-93(96)86-84-82-80-78-76-74-72-70-68-66-64-62-60-58-56-54-52-50-48-45-43-41-39-37-35-33-31-29-27-25-23-21-19-17-15-13-11-9-7-2/h8,10,14,16,20,22,26,28,32,34,92H,6-7,9,11-13,15,17-19,21,23-25,27,29-31,33,35-91H2,1-5H3/b10-8-,16-14-,22-20-,28-26-,34-32-. The van der Waals surface area contributed by atoms with Crippen LogP contribution in [0.1, 0.15) is 476 Å². The Morgan fingerprint density at radius 1 is 0.308 bits per heavy atom. The maximum Gasteiger partial charge on any atom is 0.306 e. The highest BCUT2D eigenvalue weighted by Crippen LogP contribution is 2.38. The molecule has 0 aromatic rings. The van der Waals surface area contributed by atoms with Gasteiger partial charge in [0, 0.05) is 12.8 Å². The van der Waals surface area contributed by atoms with Crippen molar-refractivity contribution in [3.63, 3.8) is 0 Å². The third-order valence-corrected chi connectivity index (χ3v) is 22.0. The molecule has 0 aliphatic carbocycles. The van der Waals surface area contributed by atoms with Crippen LogP contribution in [0.3, 0.4) is 0 Å². The highest BCUT2D eigenvalue weighted by atomic mass is 31.2. The molecule has 0 aliphatic heterocycles. The predicted octanol–water partition coefficient (Wildman–Crippen LogP) is 30.6. The molecule has 0 radical (unpaired) electrons. The highest BCUT2D eigenvalue weighted by Gasteiger charge is 2.22. The number of quaternary nitrogens is 1. The fourth-order valence-corrected chi connectivity index (χ4v) is 14.8. The van der Waals surface area contributed by atoms with E-state index in [1.807, 2.05) is 21.1 Å². The molecule has 0 spiro atoms. The molecule has 2 atom stereocenters. The number of hydrogen-bond donors (Lipinski definition) is 0. The zero-order valence-electron chi connectivity index (χ0n) is 70.3. The molecule has 0 fully saturated rings. The summed E-state index contributed by atoms with van der Waals surface area (Å²) in [6.45, 7) is 4.22. The molecule has 0 saturated carbocycles. The minimum Gasteiger partial charge on any atom is -0.756 e. The molecule has 0 saturated heterocycles. The van der Waals surface area contributed by atoms with E-state index < -0.39 is 26.5 Å². The van der Waals surface area contributed by atoms with Crippen LogP contribution < -0.4 is 4.89 Å². The number of carbonyl (C=O) groups excluding carboxylic acids is 2. The zero-order valence-corrected chi connectivity index (χ0v) is 71.1. The van der Waals surface area contributed by atoms with Gasteiger partial charge >= 0.3 is 11.9 Å². The number of phosphoric ester groups is 1. The molecule has 2 unspecified atom stereocenters. The molecule has 0 heterocycles. The van der Waals surface area contributed by atoms with Crippen molar-refractivity contribution in [2.75, 3.05) is 47.5 Å². The van der Waals surface area contributed by atoms with Crippen LogP contribution in [-0.4, -0.2) is 70.0 Å². The molecule has 612 valence electrons.